The van der Waals surface area contributed by atoms with E-state index in [9.17, 15) is 18.3 Å². The molecule has 1 N–H and O–H groups in total. The molecule has 112 valence electrons. The second-order valence-electron chi connectivity index (χ2n) is 4.56. The lowest BCUT2D eigenvalue weighted by molar-refractivity contribution is -0.137. The van der Waals surface area contributed by atoms with Crippen molar-refractivity contribution in [3.05, 3.63) is 69.2 Å². The quantitative estimate of drug-likeness (QED) is 0.808. The summed E-state index contributed by atoms with van der Waals surface area (Å²) in [7, 11) is 0. The highest BCUT2D eigenvalue weighted by Gasteiger charge is 2.30. The molecule has 0 spiro atoms. The molecule has 0 aliphatic rings. The molecule has 0 saturated carbocycles. The van der Waals surface area contributed by atoms with Gasteiger partial charge in [0, 0.05) is 12.0 Å². The summed E-state index contributed by atoms with van der Waals surface area (Å²) in [5, 5.41) is 10.6. The van der Waals surface area contributed by atoms with E-state index in [1.807, 2.05) is 0 Å². The molecule has 2 aromatic carbocycles. The summed E-state index contributed by atoms with van der Waals surface area (Å²) >= 11 is 11.8. The van der Waals surface area contributed by atoms with E-state index in [1.54, 1.807) is 18.2 Å². The molecule has 0 bridgehead atoms. The van der Waals surface area contributed by atoms with E-state index in [1.165, 1.54) is 12.1 Å². The van der Waals surface area contributed by atoms with Crippen LogP contribution in [0.4, 0.5) is 13.2 Å². The van der Waals surface area contributed by atoms with Crippen LogP contribution in [0.2, 0.25) is 10.0 Å². The lowest BCUT2D eigenvalue weighted by Crippen LogP contribution is -2.07. The van der Waals surface area contributed by atoms with E-state index in [2.05, 4.69) is 0 Å². The van der Waals surface area contributed by atoms with Crippen LogP contribution >= 0.6 is 23.2 Å². The molecule has 2 aromatic rings. The maximum atomic E-state index is 12.6. The predicted molar refractivity (Wildman–Crippen MR) is 76.6 cm³/mol. The minimum atomic E-state index is -4.41. The molecule has 1 atom stereocenters. The van der Waals surface area contributed by atoms with Crippen LogP contribution in [-0.4, -0.2) is 5.11 Å². The topological polar surface area (TPSA) is 20.2 Å². The maximum Gasteiger partial charge on any atom is 0.416 e. The zero-order valence-corrected chi connectivity index (χ0v) is 12.2. The van der Waals surface area contributed by atoms with Crippen molar-refractivity contribution in [3.8, 4) is 0 Å². The first-order chi connectivity index (χ1) is 9.79. The summed E-state index contributed by atoms with van der Waals surface area (Å²) in [6.07, 6.45) is -5.42. The zero-order valence-electron chi connectivity index (χ0n) is 10.7. The van der Waals surface area contributed by atoms with Crippen molar-refractivity contribution in [2.75, 3.05) is 0 Å². The Morgan fingerprint density at radius 3 is 2.38 bits per heavy atom. The highest BCUT2D eigenvalue weighted by atomic mass is 35.5. The average Bonchev–Trinajstić information content (AvgIpc) is 2.41. The molecule has 0 amide bonds. The van der Waals surface area contributed by atoms with Crippen molar-refractivity contribution in [2.24, 2.45) is 0 Å². The van der Waals surface area contributed by atoms with Crippen molar-refractivity contribution >= 4 is 23.2 Å². The van der Waals surface area contributed by atoms with Gasteiger partial charge in [0.25, 0.3) is 0 Å². The molecule has 0 aromatic heterocycles. The standard InChI is InChI=1S/C15H11Cl2F3O/c16-12-6-2-5-11(14(12)17)13(21)8-9-3-1-4-10(7-9)15(18,19)20/h1-7,13,21H,8H2. The molecule has 0 aliphatic heterocycles. The van der Waals surface area contributed by atoms with Crippen LogP contribution in [0.5, 0.6) is 0 Å². The van der Waals surface area contributed by atoms with Gasteiger partial charge in [-0.3, -0.25) is 0 Å². The molecule has 21 heavy (non-hydrogen) atoms. The van der Waals surface area contributed by atoms with Gasteiger partial charge in [0.1, 0.15) is 0 Å². The van der Waals surface area contributed by atoms with Crippen molar-refractivity contribution in [3.63, 3.8) is 0 Å². The van der Waals surface area contributed by atoms with E-state index in [4.69, 9.17) is 23.2 Å². The second-order valence-corrected chi connectivity index (χ2v) is 5.35. The van der Waals surface area contributed by atoms with Crippen LogP contribution in [0.15, 0.2) is 42.5 Å². The van der Waals surface area contributed by atoms with E-state index < -0.39 is 17.8 Å². The summed E-state index contributed by atoms with van der Waals surface area (Å²) < 4.78 is 37.9. The molecule has 0 heterocycles. The minimum Gasteiger partial charge on any atom is -0.388 e. The lowest BCUT2D eigenvalue weighted by atomic mass is 10.00. The molecule has 0 radical (unpaired) electrons. The lowest BCUT2D eigenvalue weighted by Gasteiger charge is -2.15. The zero-order chi connectivity index (χ0) is 15.6. The average molecular weight is 335 g/mol. The van der Waals surface area contributed by atoms with Crippen LogP contribution in [0.25, 0.3) is 0 Å². The van der Waals surface area contributed by atoms with E-state index >= 15 is 0 Å². The van der Waals surface area contributed by atoms with Gasteiger partial charge in [0.05, 0.1) is 21.7 Å². The fraction of sp³-hybridized carbons (Fsp3) is 0.200. The Labute approximate surface area is 129 Å². The number of hydrogen-bond donors (Lipinski definition) is 1. The highest BCUT2D eigenvalue weighted by molar-refractivity contribution is 6.42. The third kappa shape index (κ3) is 3.90. The molecule has 1 nitrogen and oxygen atoms in total. The predicted octanol–water partition coefficient (Wildman–Crippen LogP) is 5.29. The van der Waals surface area contributed by atoms with Crippen LogP contribution in [0.3, 0.4) is 0 Å². The number of alkyl halides is 3. The number of aliphatic hydroxyl groups is 1. The Hall–Kier alpha value is -1.23. The maximum absolute atomic E-state index is 12.6. The molecular weight excluding hydrogens is 324 g/mol. The minimum absolute atomic E-state index is 0.0178. The van der Waals surface area contributed by atoms with Gasteiger partial charge in [-0.1, -0.05) is 53.5 Å². The Bertz CT molecular complexity index is 641. The molecular formula is C15H11Cl2F3O. The normalized spacial score (nSPS) is 13.2. The van der Waals surface area contributed by atoms with Crippen LogP contribution in [-0.2, 0) is 12.6 Å². The van der Waals surface area contributed by atoms with Gasteiger partial charge >= 0.3 is 6.18 Å². The molecule has 1 unspecified atom stereocenters. The monoisotopic (exact) mass is 334 g/mol. The van der Waals surface area contributed by atoms with Crippen molar-refractivity contribution in [1.29, 1.82) is 0 Å². The van der Waals surface area contributed by atoms with E-state index in [-0.39, 0.29) is 16.5 Å². The van der Waals surface area contributed by atoms with Gasteiger partial charge < -0.3 is 5.11 Å². The molecule has 0 aliphatic carbocycles. The van der Waals surface area contributed by atoms with Crippen LogP contribution in [0.1, 0.15) is 22.8 Å². The first-order valence-electron chi connectivity index (χ1n) is 6.07. The molecule has 0 saturated heterocycles. The number of halogens is 5. The van der Waals surface area contributed by atoms with Crippen LogP contribution in [0, 0.1) is 0 Å². The summed E-state index contributed by atoms with van der Waals surface area (Å²) in [5.74, 6) is 0. The summed E-state index contributed by atoms with van der Waals surface area (Å²) in [4.78, 5) is 0. The Morgan fingerprint density at radius 2 is 1.71 bits per heavy atom. The van der Waals surface area contributed by atoms with E-state index in [0.717, 1.165) is 12.1 Å². The van der Waals surface area contributed by atoms with Gasteiger partial charge in [0.2, 0.25) is 0 Å². The third-order valence-corrected chi connectivity index (χ3v) is 3.86. The first kappa shape index (κ1) is 16.1. The molecule has 2 rings (SSSR count). The van der Waals surface area contributed by atoms with Crippen LogP contribution < -0.4 is 0 Å². The number of hydrogen-bond acceptors (Lipinski definition) is 1. The summed E-state index contributed by atoms with van der Waals surface area (Å²) in [6, 6.07) is 9.63. The molecule has 6 heteroatoms. The Morgan fingerprint density at radius 1 is 1.05 bits per heavy atom. The summed E-state index contributed by atoms with van der Waals surface area (Å²) in [6.45, 7) is 0. The van der Waals surface area contributed by atoms with Crippen molar-refractivity contribution in [2.45, 2.75) is 18.7 Å². The number of aliphatic hydroxyl groups excluding tert-OH is 1. The fourth-order valence-corrected chi connectivity index (χ4v) is 2.42. The molecule has 0 fully saturated rings. The Kier molecular flexibility index (Phi) is 4.81. The van der Waals surface area contributed by atoms with Gasteiger partial charge in [-0.2, -0.15) is 13.2 Å². The summed E-state index contributed by atoms with van der Waals surface area (Å²) in [5.41, 5.74) is 0.0133. The number of rotatable bonds is 3. The van der Waals surface area contributed by atoms with E-state index in [0.29, 0.717) is 11.1 Å². The smallest absolute Gasteiger partial charge is 0.388 e. The first-order valence-corrected chi connectivity index (χ1v) is 6.82. The van der Waals surface area contributed by atoms with Gasteiger partial charge in [-0.05, 0) is 17.7 Å². The third-order valence-electron chi connectivity index (χ3n) is 3.02. The second kappa shape index (κ2) is 6.26. The Balaban J connectivity index is 2.24. The highest BCUT2D eigenvalue weighted by Crippen LogP contribution is 2.33. The van der Waals surface area contributed by atoms with Gasteiger partial charge in [-0.25, -0.2) is 0 Å². The fourth-order valence-electron chi connectivity index (χ4n) is 1.99. The largest absolute Gasteiger partial charge is 0.416 e. The SMILES string of the molecule is OC(Cc1cccc(C(F)(F)F)c1)c1cccc(Cl)c1Cl. The van der Waals surface area contributed by atoms with Crippen molar-refractivity contribution in [1.82, 2.24) is 0 Å². The van der Waals surface area contributed by atoms with Gasteiger partial charge in [-0.15, -0.1) is 0 Å². The number of benzene rings is 2. The van der Waals surface area contributed by atoms with Gasteiger partial charge in [0.15, 0.2) is 0 Å². The van der Waals surface area contributed by atoms with Crippen molar-refractivity contribution < 1.29 is 18.3 Å².